The Kier molecular flexibility index (Phi) is 6.51. The van der Waals surface area contributed by atoms with Crippen molar-refractivity contribution in [2.75, 3.05) is 12.4 Å². The molecule has 0 unspecified atom stereocenters. The number of ether oxygens (including phenoxy) is 1. The van der Waals surface area contributed by atoms with E-state index in [2.05, 4.69) is 29.2 Å². The third kappa shape index (κ3) is 5.00. The first-order chi connectivity index (χ1) is 16.0. The molecular formula is C24H26F4N4O2. The fourth-order valence-corrected chi connectivity index (χ4v) is 4.50. The van der Waals surface area contributed by atoms with Crippen LogP contribution in [0.5, 0.6) is 5.75 Å². The van der Waals surface area contributed by atoms with Crippen molar-refractivity contribution in [3.05, 3.63) is 47.7 Å². The smallest absolute Gasteiger partial charge is 0.433 e. The van der Waals surface area contributed by atoms with Crippen molar-refractivity contribution < 1.29 is 27.1 Å². The minimum atomic E-state index is -4.88. The van der Waals surface area contributed by atoms with E-state index in [1.165, 1.54) is 7.11 Å². The highest BCUT2D eigenvalue weighted by atomic mass is 19.4. The molecule has 2 heterocycles. The molecule has 0 radical (unpaired) electrons. The van der Waals surface area contributed by atoms with Gasteiger partial charge in [-0.3, -0.25) is 9.48 Å². The summed E-state index contributed by atoms with van der Waals surface area (Å²) in [6.07, 6.45) is 1.37. The standard InChI is InChI=1S/C24H26F4N4O2/c1-13(2)14-4-6-17(7-5-14)32-12-15-8-19(21(34-3)11-18(15)31-32)30-23(33)20-9-16(25)10-22(29-20)24(26,27)28/h8-14,17H,4-7H2,1-3H3,(H,30,33). The summed E-state index contributed by atoms with van der Waals surface area (Å²) in [5.41, 5.74) is -1.27. The number of alkyl halides is 3. The summed E-state index contributed by atoms with van der Waals surface area (Å²) in [7, 11) is 1.41. The average molecular weight is 478 g/mol. The molecule has 1 aliphatic rings. The minimum absolute atomic E-state index is 0.225. The highest BCUT2D eigenvalue weighted by Gasteiger charge is 2.34. The van der Waals surface area contributed by atoms with Crippen LogP contribution in [-0.4, -0.2) is 27.8 Å². The van der Waals surface area contributed by atoms with Crippen LogP contribution in [0.2, 0.25) is 0 Å². The maximum Gasteiger partial charge on any atom is 0.433 e. The van der Waals surface area contributed by atoms with Gasteiger partial charge in [0.25, 0.3) is 5.91 Å². The van der Waals surface area contributed by atoms with E-state index in [0.29, 0.717) is 17.5 Å². The molecule has 10 heteroatoms. The summed E-state index contributed by atoms with van der Waals surface area (Å²) in [5.74, 6) is -0.530. The Morgan fingerprint density at radius 2 is 1.85 bits per heavy atom. The van der Waals surface area contributed by atoms with Crippen LogP contribution in [-0.2, 0) is 6.18 Å². The van der Waals surface area contributed by atoms with Crippen LogP contribution in [0, 0.1) is 17.7 Å². The Morgan fingerprint density at radius 1 is 1.15 bits per heavy atom. The molecule has 1 aromatic carbocycles. The summed E-state index contributed by atoms with van der Waals surface area (Å²) in [4.78, 5) is 15.9. The second-order valence-corrected chi connectivity index (χ2v) is 9.04. The summed E-state index contributed by atoms with van der Waals surface area (Å²) in [6, 6.07) is 4.47. The van der Waals surface area contributed by atoms with E-state index in [4.69, 9.17) is 4.74 Å². The topological polar surface area (TPSA) is 69.0 Å². The predicted octanol–water partition coefficient (Wildman–Crippen LogP) is 6.24. The van der Waals surface area contributed by atoms with Crippen LogP contribution in [0.25, 0.3) is 10.9 Å². The first-order valence-electron chi connectivity index (χ1n) is 11.2. The number of carbonyl (C=O) groups is 1. The van der Waals surface area contributed by atoms with E-state index in [1.807, 2.05) is 10.9 Å². The summed E-state index contributed by atoms with van der Waals surface area (Å²) < 4.78 is 59.9. The second kappa shape index (κ2) is 9.23. The molecule has 6 nitrogen and oxygen atoms in total. The number of anilines is 1. The van der Waals surface area contributed by atoms with Gasteiger partial charge in [0.15, 0.2) is 0 Å². The first-order valence-corrected chi connectivity index (χ1v) is 11.2. The zero-order valence-corrected chi connectivity index (χ0v) is 19.1. The molecule has 1 saturated carbocycles. The molecule has 0 atom stereocenters. The zero-order valence-electron chi connectivity index (χ0n) is 19.1. The average Bonchev–Trinajstić information content (AvgIpc) is 3.20. The lowest BCUT2D eigenvalue weighted by molar-refractivity contribution is -0.141. The van der Waals surface area contributed by atoms with Crippen molar-refractivity contribution in [2.45, 2.75) is 51.7 Å². The number of aromatic nitrogens is 3. The summed E-state index contributed by atoms with van der Waals surface area (Å²) >= 11 is 0. The Labute approximate surface area is 194 Å². The van der Waals surface area contributed by atoms with Gasteiger partial charge >= 0.3 is 6.18 Å². The van der Waals surface area contributed by atoms with E-state index in [0.717, 1.165) is 37.0 Å². The molecule has 4 rings (SSSR count). The third-order valence-corrected chi connectivity index (χ3v) is 6.46. The molecule has 1 amide bonds. The van der Waals surface area contributed by atoms with Crippen LogP contribution < -0.4 is 10.1 Å². The highest BCUT2D eigenvalue weighted by molar-refractivity contribution is 6.05. The highest BCUT2D eigenvalue weighted by Crippen LogP contribution is 2.37. The van der Waals surface area contributed by atoms with Crippen molar-refractivity contribution in [3.63, 3.8) is 0 Å². The molecule has 0 saturated heterocycles. The molecule has 0 bridgehead atoms. The van der Waals surface area contributed by atoms with Gasteiger partial charge in [-0.25, -0.2) is 9.37 Å². The number of nitrogens with zero attached hydrogens (tertiary/aromatic N) is 3. The van der Waals surface area contributed by atoms with Gasteiger partial charge in [-0.05, 0) is 43.6 Å². The van der Waals surface area contributed by atoms with Gasteiger partial charge in [0.1, 0.15) is 23.0 Å². The van der Waals surface area contributed by atoms with Crippen molar-refractivity contribution in [2.24, 2.45) is 11.8 Å². The Balaban J connectivity index is 1.58. The van der Waals surface area contributed by atoms with Gasteiger partial charge in [-0.1, -0.05) is 13.8 Å². The largest absolute Gasteiger partial charge is 0.494 e. The van der Waals surface area contributed by atoms with E-state index < -0.39 is 29.3 Å². The number of pyridine rings is 1. The number of rotatable bonds is 5. The number of amides is 1. The fourth-order valence-electron chi connectivity index (χ4n) is 4.50. The van der Waals surface area contributed by atoms with E-state index in [-0.39, 0.29) is 23.5 Å². The van der Waals surface area contributed by atoms with Crippen molar-refractivity contribution in [1.29, 1.82) is 0 Å². The number of hydrogen-bond acceptors (Lipinski definition) is 4. The van der Waals surface area contributed by atoms with Gasteiger partial charge in [-0.2, -0.15) is 18.3 Å². The lowest BCUT2D eigenvalue weighted by Crippen LogP contribution is -2.21. The van der Waals surface area contributed by atoms with Gasteiger partial charge < -0.3 is 10.1 Å². The minimum Gasteiger partial charge on any atom is -0.494 e. The normalized spacial score (nSPS) is 18.9. The number of methoxy groups -OCH3 is 1. The number of benzene rings is 1. The molecular weight excluding hydrogens is 452 g/mol. The van der Waals surface area contributed by atoms with Gasteiger partial charge in [0.05, 0.1) is 24.4 Å². The summed E-state index contributed by atoms with van der Waals surface area (Å²) in [6.45, 7) is 4.50. The van der Waals surface area contributed by atoms with Crippen LogP contribution >= 0.6 is 0 Å². The van der Waals surface area contributed by atoms with Crippen LogP contribution in [0.15, 0.2) is 30.5 Å². The lowest BCUT2D eigenvalue weighted by atomic mass is 9.80. The molecule has 1 N–H and O–H groups in total. The molecule has 3 aromatic rings. The molecule has 1 aliphatic carbocycles. The monoisotopic (exact) mass is 478 g/mol. The van der Waals surface area contributed by atoms with Crippen molar-refractivity contribution in [3.8, 4) is 5.75 Å². The molecule has 1 fully saturated rings. The number of halogens is 4. The zero-order chi connectivity index (χ0) is 24.6. The maximum atomic E-state index is 13.7. The second-order valence-electron chi connectivity index (χ2n) is 9.04. The van der Waals surface area contributed by atoms with E-state index >= 15 is 0 Å². The summed E-state index contributed by atoms with van der Waals surface area (Å²) in [5, 5.41) is 7.91. The van der Waals surface area contributed by atoms with Gasteiger partial charge in [0, 0.05) is 29.8 Å². The third-order valence-electron chi connectivity index (χ3n) is 6.46. The van der Waals surface area contributed by atoms with E-state index in [9.17, 15) is 22.4 Å². The number of fused-ring (bicyclic) bond motifs is 1. The Morgan fingerprint density at radius 3 is 2.47 bits per heavy atom. The van der Waals surface area contributed by atoms with Crippen LogP contribution in [0.4, 0.5) is 23.2 Å². The number of hydrogen-bond donors (Lipinski definition) is 1. The molecule has 34 heavy (non-hydrogen) atoms. The lowest BCUT2D eigenvalue weighted by Gasteiger charge is -2.30. The molecule has 182 valence electrons. The number of nitrogens with one attached hydrogen (secondary N) is 1. The van der Waals surface area contributed by atoms with Crippen molar-refractivity contribution in [1.82, 2.24) is 14.8 Å². The van der Waals surface area contributed by atoms with Crippen LogP contribution in [0.3, 0.4) is 0 Å². The quantitative estimate of drug-likeness (QED) is 0.441. The SMILES string of the molecule is COc1cc2nn(C3CCC(C(C)C)CC3)cc2cc1NC(=O)c1cc(F)cc(C(F)(F)F)n1. The maximum absolute atomic E-state index is 13.7. The molecule has 0 spiro atoms. The van der Waals surface area contributed by atoms with E-state index in [1.54, 1.807) is 12.1 Å². The number of carbonyl (C=O) groups excluding carboxylic acids is 1. The molecule has 0 aliphatic heterocycles. The van der Waals surface area contributed by atoms with Gasteiger partial charge in [-0.15, -0.1) is 0 Å². The Hall–Kier alpha value is -3.17. The van der Waals surface area contributed by atoms with Crippen LogP contribution in [0.1, 0.15) is 61.8 Å². The Bertz CT molecular complexity index is 1200. The van der Waals surface area contributed by atoms with Crippen molar-refractivity contribution >= 4 is 22.5 Å². The molecule has 2 aromatic heterocycles. The predicted molar refractivity (Wildman–Crippen MR) is 119 cm³/mol. The van der Waals surface area contributed by atoms with Gasteiger partial charge in [0.2, 0.25) is 0 Å². The first kappa shape index (κ1) is 24.0. The fraction of sp³-hybridized carbons (Fsp3) is 0.458.